The van der Waals surface area contributed by atoms with Crippen molar-refractivity contribution in [2.75, 3.05) is 0 Å². The molecule has 0 bridgehead atoms. The van der Waals surface area contributed by atoms with Crippen LogP contribution in [0.3, 0.4) is 0 Å². The summed E-state index contributed by atoms with van der Waals surface area (Å²) in [4.78, 5) is 32.8. The van der Waals surface area contributed by atoms with Gasteiger partial charge in [-0.3, -0.25) is 0 Å². The van der Waals surface area contributed by atoms with Crippen molar-refractivity contribution in [3.63, 3.8) is 0 Å². The van der Waals surface area contributed by atoms with Gasteiger partial charge >= 0.3 is 11.9 Å². The van der Waals surface area contributed by atoms with Crippen molar-refractivity contribution in [2.24, 2.45) is 4.99 Å². The first-order valence-corrected chi connectivity index (χ1v) is 14.8. The number of hydrogen-bond acceptors (Lipinski definition) is 7. The second-order valence-electron chi connectivity index (χ2n) is 10.3. The van der Waals surface area contributed by atoms with Crippen molar-refractivity contribution in [1.82, 2.24) is 4.72 Å². The average Bonchev–Trinajstić information content (AvgIpc) is 3.34. The van der Waals surface area contributed by atoms with Gasteiger partial charge < -0.3 is 9.47 Å². The Balaban J connectivity index is 1.66. The molecule has 1 aliphatic rings. The Morgan fingerprint density at radius 3 is 2.00 bits per heavy atom. The van der Waals surface area contributed by atoms with E-state index in [9.17, 15) is 18.0 Å². The number of sulfonamides is 1. The molecule has 1 N–H and O–H groups in total. The van der Waals surface area contributed by atoms with E-state index in [1.807, 2.05) is 19.1 Å². The van der Waals surface area contributed by atoms with Crippen LogP contribution in [-0.4, -0.2) is 37.3 Å². The predicted octanol–water partition coefficient (Wildman–Crippen LogP) is 4.76. The van der Waals surface area contributed by atoms with E-state index in [4.69, 9.17) is 14.5 Å². The maximum atomic E-state index is 14.1. The minimum atomic E-state index is -4.36. The summed E-state index contributed by atoms with van der Waals surface area (Å²) >= 11 is 0. The van der Waals surface area contributed by atoms with E-state index in [-0.39, 0.29) is 23.8 Å². The first-order chi connectivity index (χ1) is 20.1. The highest BCUT2D eigenvalue weighted by molar-refractivity contribution is 7.89. The van der Waals surface area contributed by atoms with E-state index in [1.54, 1.807) is 91.0 Å². The highest BCUT2D eigenvalue weighted by atomic mass is 32.2. The fourth-order valence-corrected chi connectivity index (χ4v) is 6.22. The maximum absolute atomic E-state index is 14.1. The number of nitrogens with zero attached hydrogens (tertiary/aromatic N) is 1. The monoisotopic (exact) mass is 582 g/mol. The number of carbonyl (C=O) groups excluding carboxylic acids is 2. The van der Waals surface area contributed by atoms with Gasteiger partial charge in [0.15, 0.2) is 11.1 Å². The molecule has 0 amide bonds. The Hall–Kier alpha value is -4.60. The second kappa shape index (κ2) is 11.7. The summed E-state index contributed by atoms with van der Waals surface area (Å²) in [6, 6.07) is 32.8. The van der Waals surface area contributed by atoms with Gasteiger partial charge in [-0.2, -0.15) is 4.72 Å². The van der Waals surface area contributed by atoms with E-state index in [1.165, 1.54) is 19.1 Å². The number of aliphatic imine (C=N–C) groups is 1. The topological polar surface area (TPSA) is 111 Å². The summed E-state index contributed by atoms with van der Waals surface area (Å²) < 4.78 is 41.6. The number of esters is 2. The lowest BCUT2D eigenvalue weighted by atomic mass is 9.75. The Kier molecular flexibility index (Phi) is 8.06. The van der Waals surface area contributed by atoms with Crippen LogP contribution in [0.2, 0.25) is 0 Å². The van der Waals surface area contributed by atoms with Crippen LogP contribution >= 0.6 is 0 Å². The predicted molar refractivity (Wildman–Crippen MR) is 158 cm³/mol. The molecule has 2 unspecified atom stereocenters. The zero-order chi connectivity index (χ0) is 29.8. The molecule has 0 spiro atoms. The van der Waals surface area contributed by atoms with Gasteiger partial charge in [-0.25, -0.2) is 23.0 Å². The molecule has 4 aromatic carbocycles. The fraction of sp³-hybridized carbons (Fsp3) is 0.182. The highest BCUT2D eigenvalue weighted by Gasteiger charge is 2.65. The van der Waals surface area contributed by atoms with Crippen LogP contribution in [0.25, 0.3) is 0 Å². The third-order valence-corrected chi connectivity index (χ3v) is 8.83. The van der Waals surface area contributed by atoms with Crippen molar-refractivity contribution < 1.29 is 27.5 Å². The van der Waals surface area contributed by atoms with E-state index in [0.29, 0.717) is 16.7 Å². The molecule has 0 aromatic heterocycles. The minimum absolute atomic E-state index is 0.0202. The summed E-state index contributed by atoms with van der Waals surface area (Å²) in [6.45, 7) is 3.01. The molecule has 0 fully saturated rings. The van der Waals surface area contributed by atoms with Gasteiger partial charge in [-0.15, -0.1) is 0 Å². The number of cyclic esters (lactones) is 1. The summed E-state index contributed by atoms with van der Waals surface area (Å²) in [6.07, 6.45) is -0.142. The summed E-state index contributed by atoms with van der Waals surface area (Å²) in [5.74, 6) is -1.88. The molecular weight excluding hydrogens is 552 g/mol. The van der Waals surface area contributed by atoms with Gasteiger partial charge in [0.25, 0.3) is 0 Å². The molecule has 0 aliphatic carbocycles. The number of aryl methyl sites for hydroxylation is 1. The van der Waals surface area contributed by atoms with E-state index >= 15 is 0 Å². The largest absolute Gasteiger partial charge is 0.459 e. The quantitative estimate of drug-likeness (QED) is 0.270. The van der Waals surface area contributed by atoms with Crippen LogP contribution in [0, 0.1) is 6.92 Å². The van der Waals surface area contributed by atoms with Crippen LogP contribution in [0.5, 0.6) is 0 Å². The Morgan fingerprint density at radius 2 is 1.40 bits per heavy atom. The lowest BCUT2D eigenvalue weighted by Crippen LogP contribution is -2.69. The minimum Gasteiger partial charge on any atom is -0.459 e. The van der Waals surface area contributed by atoms with Crippen molar-refractivity contribution >= 4 is 27.9 Å². The number of ether oxygens (including phenoxy) is 2. The van der Waals surface area contributed by atoms with Crippen molar-refractivity contribution in [3.8, 4) is 0 Å². The molecule has 1 heterocycles. The summed E-state index contributed by atoms with van der Waals surface area (Å²) in [7, 11) is -4.36. The lowest BCUT2D eigenvalue weighted by molar-refractivity contribution is -0.160. The average molecular weight is 583 g/mol. The number of benzene rings is 4. The fourth-order valence-electron chi connectivity index (χ4n) is 4.82. The lowest BCUT2D eigenvalue weighted by Gasteiger charge is -2.39. The molecule has 5 rings (SSSR count). The van der Waals surface area contributed by atoms with Gasteiger partial charge in [0.1, 0.15) is 6.61 Å². The zero-order valence-corrected chi connectivity index (χ0v) is 24.0. The van der Waals surface area contributed by atoms with Crippen LogP contribution < -0.4 is 4.72 Å². The Labute approximate surface area is 245 Å². The Morgan fingerprint density at radius 1 is 0.857 bits per heavy atom. The number of hydrogen-bond donors (Lipinski definition) is 1. The van der Waals surface area contributed by atoms with E-state index < -0.39 is 33.0 Å². The van der Waals surface area contributed by atoms with Crippen LogP contribution in [0.4, 0.5) is 0 Å². The van der Waals surface area contributed by atoms with Crippen molar-refractivity contribution in [2.45, 2.75) is 42.8 Å². The van der Waals surface area contributed by atoms with Crippen LogP contribution in [-0.2, 0) is 42.1 Å². The number of rotatable bonds is 10. The molecule has 214 valence electrons. The molecular formula is C33H30N2O6S. The standard InChI is InChI=1S/C33H30N2O6S/c1-24-18-20-28(21-19-24)42(38,39)35-32(2,30(36)40-23-26-14-8-4-9-15-26)33(22-25-12-6-3-7-13-25)31(37)41-29(34-33)27-16-10-5-11-17-27/h3-21,35H,22-23H2,1-2H3. The van der Waals surface area contributed by atoms with Gasteiger partial charge in [0.05, 0.1) is 4.90 Å². The molecule has 0 saturated heterocycles. The van der Waals surface area contributed by atoms with Crippen molar-refractivity contribution in [3.05, 3.63) is 138 Å². The highest BCUT2D eigenvalue weighted by Crippen LogP contribution is 2.39. The first-order valence-electron chi connectivity index (χ1n) is 13.4. The number of nitrogens with one attached hydrogen (secondary N) is 1. The third kappa shape index (κ3) is 5.74. The maximum Gasteiger partial charge on any atom is 0.343 e. The van der Waals surface area contributed by atoms with Crippen molar-refractivity contribution in [1.29, 1.82) is 0 Å². The van der Waals surface area contributed by atoms with Gasteiger partial charge in [0, 0.05) is 12.0 Å². The Bertz CT molecular complexity index is 1710. The number of carbonyl (C=O) groups is 2. The van der Waals surface area contributed by atoms with Gasteiger partial charge in [0.2, 0.25) is 15.9 Å². The molecule has 8 nitrogen and oxygen atoms in total. The third-order valence-electron chi connectivity index (χ3n) is 7.26. The molecule has 4 aromatic rings. The molecule has 9 heteroatoms. The molecule has 1 aliphatic heterocycles. The smallest absolute Gasteiger partial charge is 0.343 e. The normalized spacial score (nSPS) is 18.0. The molecule has 0 saturated carbocycles. The van der Waals surface area contributed by atoms with Gasteiger partial charge in [-0.1, -0.05) is 96.6 Å². The zero-order valence-electron chi connectivity index (χ0n) is 23.2. The second-order valence-corrected chi connectivity index (χ2v) is 12.0. The first kappa shape index (κ1) is 28.9. The van der Waals surface area contributed by atoms with E-state index in [2.05, 4.69) is 4.72 Å². The summed E-state index contributed by atoms with van der Waals surface area (Å²) in [5, 5.41) is 0. The van der Waals surface area contributed by atoms with Crippen LogP contribution in [0.15, 0.2) is 125 Å². The SMILES string of the molecule is Cc1ccc(S(=O)(=O)NC(C)(C(=O)OCc2ccccc2)C2(Cc3ccccc3)N=C(c3ccccc3)OC2=O)cc1. The van der Waals surface area contributed by atoms with E-state index in [0.717, 1.165) is 5.56 Å². The molecule has 0 radical (unpaired) electrons. The summed E-state index contributed by atoms with van der Waals surface area (Å²) in [5.41, 5.74) is -1.59. The molecule has 2 atom stereocenters. The van der Waals surface area contributed by atoms with Gasteiger partial charge in [-0.05, 0) is 49.2 Å². The van der Waals surface area contributed by atoms with Crippen LogP contribution in [0.1, 0.15) is 29.2 Å². The molecule has 42 heavy (non-hydrogen) atoms.